The summed E-state index contributed by atoms with van der Waals surface area (Å²) in [6.45, 7) is -0.206. The zero-order chi connectivity index (χ0) is 28.7. The van der Waals surface area contributed by atoms with E-state index >= 15 is 0 Å². The van der Waals surface area contributed by atoms with Crippen molar-refractivity contribution in [1.29, 1.82) is 0 Å². The van der Waals surface area contributed by atoms with Crippen LogP contribution < -0.4 is 26.8 Å². The minimum absolute atomic E-state index is 0.0479. The van der Waals surface area contributed by atoms with E-state index in [-0.39, 0.29) is 46.7 Å². The topological polar surface area (TPSA) is 142 Å². The van der Waals surface area contributed by atoms with Crippen LogP contribution in [-0.4, -0.2) is 38.2 Å². The number of nitrogens with zero attached hydrogens (tertiary/aromatic N) is 3. The van der Waals surface area contributed by atoms with Crippen LogP contribution in [0.2, 0.25) is 5.02 Å². The SMILES string of the molecule is O=C1Cn2c(C(=O)NCC3=CC=CNN3)nc(NC(=O)c3nsc4ccc(F)cc34)c2C(c2cc(F)ccc2Cl)N1. The van der Waals surface area contributed by atoms with Crippen LogP contribution in [0.25, 0.3) is 10.1 Å². The second-order valence-electron chi connectivity index (χ2n) is 9.05. The van der Waals surface area contributed by atoms with E-state index in [1.807, 2.05) is 0 Å². The summed E-state index contributed by atoms with van der Waals surface area (Å²) in [7, 11) is 0. The number of halogens is 3. The number of rotatable bonds is 6. The van der Waals surface area contributed by atoms with Gasteiger partial charge in [0.2, 0.25) is 11.7 Å². The summed E-state index contributed by atoms with van der Waals surface area (Å²) >= 11 is 7.40. The highest BCUT2D eigenvalue weighted by molar-refractivity contribution is 7.13. The van der Waals surface area contributed by atoms with Gasteiger partial charge in [-0.1, -0.05) is 11.6 Å². The second-order valence-corrected chi connectivity index (χ2v) is 10.3. The van der Waals surface area contributed by atoms with Crippen molar-refractivity contribution < 1.29 is 23.2 Å². The average molecular weight is 597 g/mol. The summed E-state index contributed by atoms with van der Waals surface area (Å²) in [6, 6.07) is 6.57. The lowest BCUT2D eigenvalue weighted by molar-refractivity contribution is -0.123. The molecule has 0 bridgehead atoms. The molecule has 41 heavy (non-hydrogen) atoms. The molecule has 2 aromatic heterocycles. The lowest BCUT2D eigenvalue weighted by Gasteiger charge is -2.28. The first-order chi connectivity index (χ1) is 19.8. The maximum atomic E-state index is 14.3. The minimum atomic E-state index is -1.06. The Morgan fingerprint density at radius 3 is 2.76 bits per heavy atom. The van der Waals surface area contributed by atoms with Gasteiger partial charge in [-0.2, -0.15) is 4.37 Å². The van der Waals surface area contributed by atoms with Gasteiger partial charge in [-0.15, -0.1) is 0 Å². The van der Waals surface area contributed by atoms with Crippen LogP contribution in [0.15, 0.2) is 60.4 Å². The number of benzene rings is 2. The number of amides is 3. The number of carbonyl (C=O) groups excluding carboxylic acids is 3. The quantitative estimate of drug-likeness (QED) is 0.230. The lowest BCUT2D eigenvalue weighted by Crippen LogP contribution is -2.41. The van der Waals surface area contributed by atoms with Gasteiger partial charge in [-0.05, 0) is 60.1 Å². The third-order valence-electron chi connectivity index (χ3n) is 6.39. The number of anilines is 1. The fraction of sp³-hybridized carbons (Fsp3) is 0.115. The molecule has 1 atom stereocenters. The van der Waals surface area contributed by atoms with E-state index < -0.39 is 35.4 Å². The number of hydrogen-bond donors (Lipinski definition) is 5. The molecule has 208 valence electrons. The Hall–Kier alpha value is -4.82. The molecule has 15 heteroatoms. The molecule has 11 nitrogen and oxygen atoms in total. The predicted molar refractivity (Wildman–Crippen MR) is 147 cm³/mol. The zero-order valence-electron chi connectivity index (χ0n) is 20.8. The third-order valence-corrected chi connectivity index (χ3v) is 7.56. The van der Waals surface area contributed by atoms with Gasteiger partial charge in [0, 0.05) is 22.2 Å². The summed E-state index contributed by atoms with van der Waals surface area (Å²) in [4.78, 5) is 43.9. The van der Waals surface area contributed by atoms with Gasteiger partial charge in [-0.3, -0.25) is 14.4 Å². The molecule has 0 fully saturated rings. The van der Waals surface area contributed by atoms with Crippen molar-refractivity contribution in [3.05, 3.63) is 99.9 Å². The van der Waals surface area contributed by atoms with Crippen molar-refractivity contribution in [1.82, 2.24) is 35.4 Å². The summed E-state index contributed by atoms with van der Waals surface area (Å²) in [5.74, 6) is -3.24. The number of hydrazine groups is 1. The molecule has 3 amide bonds. The molecule has 0 radical (unpaired) electrons. The van der Waals surface area contributed by atoms with Gasteiger partial charge >= 0.3 is 0 Å². The van der Waals surface area contributed by atoms with Crippen LogP contribution >= 0.6 is 23.1 Å². The van der Waals surface area contributed by atoms with Crippen LogP contribution in [0.1, 0.15) is 38.4 Å². The molecule has 0 aliphatic carbocycles. The summed E-state index contributed by atoms with van der Waals surface area (Å²) in [6.07, 6.45) is 5.16. The van der Waals surface area contributed by atoms with Crippen molar-refractivity contribution >= 4 is 56.8 Å². The molecule has 5 N–H and O–H groups in total. The Kier molecular flexibility index (Phi) is 6.85. The molecule has 6 rings (SSSR count). The molecule has 1 unspecified atom stereocenters. The Labute approximate surface area is 239 Å². The smallest absolute Gasteiger partial charge is 0.287 e. The van der Waals surface area contributed by atoms with Gasteiger partial charge < -0.3 is 31.4 Å². The molecular formula is C26H19ClF2N8O3S. The normalized spacial score (nSPS) is 15.8. The highest BCUT2D eigenvalue weighted by Gasteiger charge is 2.36. The maximum Gasteiger partial charge on any atom is 0.287 e. The highest BCUT2D eigenvalue weighted by Crippen LogP contribution is 2.36. The van der Waals surface area contributed by atoms with Gasteiger partial charge in [0.05, 0.1) is 28.7 Å². The minimum Gasteiger partial charge on any atom is -0.344 e. The number of imidazole rings is 1. The summed E-state index contributed by atoms with van der Waals surface area (Å²) in [5.41, 5.74) is 6.68. The van der Waals surface area contributed by atoms with E-state index in [0.717, 1.165) is 17.6 Å². The maximum absolute atomic E-state index is 14.3. The van der Waals surface area contributed by atoms with Gasteiger partial charge in [0.1, 0.15) is 23.9 Å². The Morgan fingerprint density at radius 1 is 1.15 bits per heavy atom. The summed E-state index contributed by atoms with van der Waals surface area (Å²) in [5, 5.41) is 8.57. The Morgan fingerprint density at radius 2 is 1.95 bits per heavy atom. The first-order valence-corrected chi connectivity index (χ1v) is 13.3. The van der Waals surface area contributed by atoms with Crippen LogP contribution in [-0.2, 0) is 11.3 Å². The van der Waals surface area contributed by atoms with Crippen molar-refractivity contribution in [3.63, 3.8) is 0 Å². The summed E-state index contributed by atoms with van der Waals surface area (Å²) < 4.78 is 34.3. The van der Waals surface area contributed by atoms with Gasteiger partial charge in [0.15, 0.2) is 5.82 Å². The van der Waals surface area contributed by atoms with E-state index in [0.29, 0.717) is 15.8 Å². The third kappa shape index (κ3) is 5.10. The van der Waals surface area contributed by atoms with Crippen LogP contribution in [0.5, 0.6) is 0 Å². The number of fused-ring (bicyclic) bond motifs is 2. The van der Waals surface area contributed by atoms with Crippen LogP contribution in [0.4, 0.5) is 14.6 Å². The van der Waals surface area contributed by atoms with Crippen molar-refractivity contribution in [3.8, 4) is 0 Å². The standard InChI is InChI=1S/C26H19ClF2N8O3S/c27-17-5-3-12(28)8-15(17)20-22-23(34-25(39)21-16-9-13(29)4-6-18(16)41-36-21)33-24(37(22)11-19(38)32-20)26(40)30-10-14-2-1-7-31-35-14/h1-9,20,31,35H,10-11H2,(H,30,40)(H,32,38)(H,34,39). The van der Waals surface area contributed by atoms with Crippen molar-refractivity contribution in [2.45, 2.75) is 12.6 Å². The van der Waals surface area contributed by atoms with Gasteiger partial charge in [-0.25, -0.2) is 13.8 Å². The van der Waals surface area contributed by atoms with Crippen molar-refractivity contribution in [2.75, 3.05) is 11.9 Å². The van der Waals surface area contributed by atoms with E-state index in [2.05, 4.69) is 36.2 Å². The molecule has 0 saturated heterocycles. The number of hydrogen-bond acceptors (Lipinski definition) is 8. The molecule has 4 aromatic rings. The van der Waals surface area contributed by atoms with Crippen LogP contribution in [0, 0.1) is 11.6 Å². The molecule has 0 saturated carbocycles. The molecule has 2 aliphatic rings. The van der Waals surface area contributed by atoms with Crippen LogP contribution in [0.3, 0.4) is 0 Å². The fourth-order valence-electron chi connectivity index (χ4n) is 4.55. The van der Waals surface area contributed by atoms with E-state index in [4.69, 9.17) is 11.6 Å². The van der Waals surface area contributed by atoms with Crippen molar-refractivity contribution in [2.24, 2.45) is 0 Å². The second kappa shape index (κ2) is 10.6. The molecule has 0 spiro atoms. The zero-order valence-corrected chi connectivity index (χ0v) is 22.4. The predicted octanol–water partition coefficient (Wildman–Crippen LogP) is 3.13. The fourth-order valence-corrected chi connectivity index (χ4v) is 5.53. The first kappa shape index (κ1) is 26.4. The molecule has 2 aromatic carbocycles. The largest absolute Gasteiger partial charge is 0.344 e. The van der Waals surface area contributed by atoms with Gasteiger partial charge in [0.25, 0.3) is 11.8 Å². The highest BCUT2D eigenvalue weighted by atomic mass is 35.5. The molecule has 2 aliphatic heterocycles. The van der Waals surface area contributed by atoms with E-state index in [9.17, 15) is 23.2 Å². The molecule has 4 heterocycles. The number of allylic oxidation sites excluding steroid dienone is 2. The monoisotopic (exact) mass is 596 g/mol. The number of carbonyl (C=O) groups is 3. The van der Waals surface area contributed by atoms with E-state index in [1.54, 1.807) is 18.4 Å². The number of aromatic nitrogens is 3. The average Bonchev–Trinajstić information content (AvgIpc) is 3.54. The van der Waals surface area contributed by atoms with E-state index in [1.165, 1.54) is 34.9 Å². The first-order valence-electron chi connectivity index (χ1n) is 12.1. The Balaban J connectivity index is 1.42. The molecular weight excluding hydrogens is 578 g/mol. The lowest BCUT2D eigenvalue weighted by atomic mass is 10.0. The Bertz CT molecular complexity index is 1800. The number of nitrogens with one attached hydrogen (secondary N) is 5.